The van der Waals surface area contributed by atoms with Crippen molar-refractivity contribution in [1.29, 1.82) is 0 Å². The largest absolute Gasteiger partial charge is 0.299 e. The van der Waals surface area contributed by atoms with E-state index < -0.39 is 0 Å². The van der Waals surface area contributed by atoms with Crippen LogP contribution in [0.15, 0.2) is 30.3 Å². The van der Waals surface area contributed by atoms with Gasteiger partial charge >= 0.3 is 0 Å². The third kappa shape index (κ3) is 2.58. The van der Waals surface area contributed by atoms with Gasteiger partial charge in [-0.25, -0.2) is 0 Å². The second kappa shape index (κ2) is 4.61. The molecule has 17 heavy (non-hydrogen) atoms. The van der Waals surface area contributed by atoms with Crippen LogP contribution in [0.3, 0.4) is 0 Å². The summed E-state index contributed by atoms with van der Waals surface area (Å²) in [6.45, 7) is 5.10. The molecular weight excluding hydrogens is 210 g/mol. The zero-order valence-corrected chi connectivity index (χ0v) is 10.9. The molecule has 1 aliphatic heterocycles. The van der Waals surface area contributed by atoms with Crippen LogP contribution in [0.5, 0.6) is 0 Å². The highest BCUT2D eigenvalue weighted by Crippen LogP contribution is 2.30. The second-order valence-electron chi connectivity index (χ2n) is 5.58. The van der Waals surface area contributed by atoms with Crippen LogP contribution in [0.1, 0.15) is 25.8 Å². The number of hydrogen-bond acceptors (Lipinski definition) is 2. The maximum atomic E-state index is 11.9. The lowest BCUT2D eigenvalue weighted by molar-refractivity contribution is -0.130. The lowest BCUT2D eigenvalue weighted by Gasteiger charge is -2.44. The molecule has 2 heteroatoms. The first-order valence-electron chi connectivity index (χ1n) is 6.29. The number of carbonyl (C=O) groups is 1. The van der Waals surface area contributed by atoms with Crippen molar-refractivity contribution in [3.05, 3.63) is 35.9 Å². The van der Waals surface area contributed by atoms with Crippen LogP contribution in [0, 0.1) is 5.92 Å². The van der Waals surface area contributed by atoms with Gasteiger partial charge in [0.15, 0.2) is 0 Å². The number of carbonyl (C=O) groups excluding carboxylic acids is 1. The average molecular weight is 231 g/mol. The van der Waals surface area contributed by atoms with Crippen LogP contribution in [-0.4, -0.2) is 29.8 Å². The molecule has 2 atom stereocenters. The summed E-state index contributed by atoms with van der Waals surface area (Å²) in [5, 5.41) is 0. The molecule has 2 unspecified atom stereocenters. The maximum absolute atomic E-state index is 11.9. The fourth-order valence-electron chi connectivity index (χ4n) is 2.65. The van der Waals surface area contributed by atoms with Crippen LogP contribution in [-0.2, 0) is 11.2 Å². The van der Waals surface area contributed by atoms with Crippen LogP contribution >= 0.6 is 0 Å². The Morgan fingerprint density at radius 3 is 2.65 bits per heavy atom. The van der Waals surface area contributed by atoms with Crippen molar-refractivity contribution in [2.24, 2.45) is 5.92 Å². The molecule has 2 rings (SSSR count). The summed E-state index contributed by atoms with van der Waals surface area (Å²) in [5.41, 5.74) is 1.29. The number of rotatable bonds is 2. The normalized spacial score (nSPS) is 30.5. The second-order valence-corrected chi connectivity index (χ2v) is 5.58. The third-order valence-electron chi connectivity index (χ3n) is 4.00. The van der Waals surface area contributed by atoms with Gasteiger partial charge in [-0.3, -0.25) is 9.69 Å². The Bertz CT molecular complexity index is 401. The number of benzene rings is 1. The maximum Gasteiger partial charge on any atom is 0.138 e. The minimum absolute atomic E-state index is 0.0229. The van der Waals surface area contributed by atoms with Crippen molar-refractivity contribution in [2.75, 3.05) is 13.6 Å². The lowest BCUT2D eigenvalue weighted by atomic mass is 9.79. The molecule has 0 spiro atoms. The standard InChI is InChI=1S/C15H21NO/c1-12-11-16(3)15(2,10-14(12)17)9-13-7-5-4-6-8-13/h4-8,12H,9-11H2,1-3H3. The van der Waals surface area contributed by atoms with E-state index in [1.165, 1.54) is 5.56 Å². The SMILES string of the molecule is CC1CN(C)C(C)(Cc2ccccc2)CC1=O. The summed E-state index contributed by atoms with van der Waals surface area (Å²) < 4.78 is 0. The molecular formula is C15H21NO. The van der Waals surface area contributed by atoms with Gasteiger partial charge in [-0.15, -0.1) is 0 Å². The average Bonchev–Trinajstić information content (AvgIpc) is 2.28. The fourth-order valence-corrected chi connectivity index (χ4v) is 2.65. The van der Waals surface area contributed by atoms with Gasteiger partial charge in [-0.2, -0.15) is 0 Å². The van der Waals surface area contributed by atoms with E-state index in [9.17, 15) is 4.79 Å². The molecule has 0 N–H and O–H groups in total. The summed E-state index contributed by atoms with van der Waals surface area (Å²) in [5.74, 6) is 0.588. The molecule has 1 aromatic carbocycles. The predicted octanol–water partition coefficient (Wildman–Crippen LogP) is 2.53. The lowest BCUT2D eigenvalue weighted by Crippen LogP contribution is -2.54. The van der Waals surface area contributed by atoms with Crippen molar-refractivity contribution in [3.63, 3.8) is 0 Å². The van der Waals surface area contributed by atoms with Gasteiger partial charge in [0.25, 0.3) is 0 Å². The zero-order chi connectivity index (χ0) is 12.5. The highest BCUT2D eigenvalue weighted by Gasteiger charge is 2.38. The predicted molar refractivity (Wildman–Crippen MR) is 70.0 cm³/mol. The Balaban J connectivity index is 2.15. The van der Waals surface area contributed by atoms with Crippen molar-refractivity contribution in [1.82, 2.24) is 4.90 Å². The third-order valence-corrected chi connectivity index (χ3v) is 4.00. The number of piperidine rings is 1. The minimum Gasteiger partial charge on any atom is -0.299 e. The highest BCUT2D eigenvalue weighted by atomic mass is 16.1. The van der Waals surface area contributed by atoms with Crippen molar-refractivity contribution >= 4 is 5.78 Å². The van der Waals surface area contributed by atoms with Crippen molar-refractivity contribution < 1.29 is 4.79 Å². The number of Topliss-reactive ketones (excluding diaryl/α,β-unsaturated/α-hetero) is 1. The molecule has 0 bridgehead atoms. The molecule has 0 saturated carbocycles. The van der Waals surface area contributed by atoms with Gasteiger partial charge in [-0.1, -0.05) is 37.3 Å². The Morgan fingerprint density at radius 1 is 1.35 bits per heavy atom. The fraction of sp³-hybridized carbons (Fsp3) is 0.533. The van der Waals surface area contributed by atoms with Gasteiger partial charge in [0.2, 0.25) is 0 Å². The molecule has 92 valence electrons. The van der Waals surface area contributed by atoms with E-state index in [0.29, 0.717) is 12.2 Å². The number of nitrogens with zero attached hydrogens (tertiary/aromatic N) is 1. The Kier molecular flexibility index (Phi) is 3.34. The first-order valence-corrected chi connectivity index (χ1v) is 6.29. The summed E-state index contributed by atoms with van der Waals surface area (Å²) in [6, 6.07) is 10.4. The van der Waals surface area contributed by atoms with E-state index in [1.807, 2.05) is 13.0 Å². The summed E-state index contributed by atoms with van der Waals surface area (Å²) in [4.78, 5) is 14.3. The smallest absolute Gasteiger partial charge is 0.138 e. The molecule has 0 amide bonds. The van der Waals surface area contributed by atoms with Crippen LogP contribution < -0.4 is 0 Å². The number of likely N-dealkylation sites (N-methyl/N-ethyl adjacent to an activating group) is 1. The Hall–Kier alpha value is -1.15. The van der Waals surface area contributed by atoms with Gasteiger partial charge in [-0.05, 0) is 26.0 Å². The Morgan fingerprint density at radius 2 is 2.00 bits per heavy atom. The van der Waals surface area contributed by atoms with Gasteiger partial charge < -0.3 is 0 Å². The van der Waals surface area contributed by atoms with E-state index in [-0.39, 0.29) is 11.5 Å². The van der Waals surface area contributed by atoms with E-state index >= 15 is 0 Å². The van der Waals surface area contributed by atoms with Crippen LogP contribution in [0.25, 0.3) is 0 Å². The van der Waals surface area contributed by atoms with E-state index in [0.717, 1.165) is 13.0 Å². The van der Waals surface area contributed by atoms with E-state index in [4.69, 9.17) is 0 Å². The minimum atomic E-state index is -0.0229. The molecule has 1 heterocycles. The van der Waals surface area contributed by atoms with Crippen LogP contribution in [0.4, 0.5) is 0 Å². The summed E-state index contributed by atoms with van der Waals surface area (Å²) >= 11 is 0. The van der Waals surface area contributed by atoms with E-state index in [1.54, 1.807) is 0 Å². The molecule has 0 radical (unpaired) electrons. The topological polar surface area (TPSA) is 20.3 Å². The quantitative estimate of drug-likeness (QED) is 0.779. The molecule has 1 fully saturated rings. The van der Waals surface area contributed by atoms with E-state index in [2.05, 4.69) is 43.1 Å². The number of likely N-dealkylation sites (tertiary alicyclic amines) is 1. The van der Waals surface area contributed by atoms with Gasteiger partial charge in [0.05, 0.1) is 0 Å². The molecule has 2 nitrogen and oxygen atoms in total. The molecule has 1 aliphatic rings. The Labute approximate surface area is 104 Å². The molecule has 1 saturated heterocycles. The summed E-state index contributed by atoms with van der Waals surface area (Å²) in [6.07, 6.45) is 1.61. The monoisotopic (exact) mass is 231 g/mol. The molecule has 0 aromatic heterocycles. The van der Waals surface area contributed by atoms with Gasteiger partial charge in [0, 0.05) is 24.4 Å². The highest BCUT2D eigenvalue weighted by molar-refractivity contribution is 5.83. The number of hydrogen-bond donors (Lipinski definition) is 0. The van der Waals surface area contributed by atoms with Crippen molar-refractivity contribution in [2.45, 2.75) is 32.2 Å². The first kappa shape index (κ1) is 12.3. The molecule has 0 aliphatic carbocycles. The number of ketones is 1. The van der Waals surface area contributed by atoms with Gasteiger partial charge in [0.1, 0.15) is 5.78 Å². The van der Waals surface area contributed by atoms with Crippen LogP contribution in [0.2, 0.25) is 0 Å². The zero-order valence-electron chi connectivity index (χ0n) is 10.9. The molecule has 1 aromatic rings. The first-order chi connectivity index (χ1) is 8.01. The van der Waals surface area contributed by atoms with Crippen molar-refractivity contribution in [3.8, 4) is 0 Å². The summed E-state index contributed by atoms with van der Waals surface area (Å²) in [7, 11) is 2.13.